The maximum absolute atomic E-state index is 13.1. The number of piperazine rings is 1. The topological polar surface area (TPSA) is 58.4 Å². The molecule has 1 fully saturated rings. The largest absolute Gasteiger partial charge is 0.339 e. The first-order chi connectivity index (χ1) is 14.2. The Morgan fingerprint density at radius 3 is 2.34 bits per heavy atom. The molecule has 1 aromatic heterocycles. The van der Waals surface area contributed by atoms with Crippen LogP contribution in [0.4, 0.5) is 0 Å². The molecule has 3 aromatic rings. The van der Waals surface area contributed by atoms with Gasteiger partial charge in [-0.15, -0.1) is 0 Å². The van der Waals surface area contributed by atoms with E-state index in [1.807, 2.05) is 77.1 Å². The molecule has 1 aliphatic heterocycles. The summed E-state index contributed by atoms with van der Waals surface area (Å²) in [6, 6.07) is 19.6. The van der Waals surface area contributed by atoms with E-state index in [1.54, 1.807) is 11.1 Å². The lowest BCUT2D eigenvalue weighted by atomic mass is 10.2. The normalized spacial score (nSPS) is 14.3. The SMILES string of the molecule is CCCN1CCN(C(=O)c2cn(-c3ccccc3)c(-c3ccccc3)n2)CC1=O. The minimum atomic E-state index is -0.207. The second kappa shape index (κ2) is 8.31. The summed E-state index contributed by atoms with van der Waals surface area (Å²) in [7, 11) is 0. The van der Waals surface area contributed by atoms with E-state index in [9.17, 15) is 9.59 Å². The monoisotopic (exact) mass is 388 g/mol. The third-order valence-electron chi connectivity index (χ3n) is 5.09. The van der Waals surface area contributed by atoms with Gasteiger partial charge in [-0.3, -0.25) is 14.2 Å². The van der Waals surface area contributed by atoms with Crippen molar-refractivity contribution >= 4 is 11.8 Å². The number of carbonyl (C=O) groups excluding carboxylic acids is 2. The quantitative estimate of drug-likeness (QED) is 0.674. The second-order valence-electron chi connectivity index (χ2n) is 7.13. The van der Waals surface area contributed by atoms with E-state index in [1.165, 1.54) is 0 Å². The van der Waals surface area contributed by atoms with E-state index in [0.29, 0.717) is 24.6 Å². The van der Waals surface area contributed by atoms with Crippen LogP contribution in [0.2, 0.25) is 0 Å². The van der Waals surface area contributed by atoms with Gasteiger partial charge in [-0.2, -0.15) is 0 Å². The van der Waals surface area contributed by atoms with Gasteiger partial charge in [-0.25, -0.2) is 4.98 Å². The summed E-state index contributed by atoms with van der Waals surface area (Å²) in [6.45, 7) is 4.00. The highest BCUT2D eigenvalue weighted by Crippen LogP contribution is 2.24. The van der Waals surface area contributed by atoms with Gasteiger partial charge in [0.05, 0.1) is 0 Å². The Balaban J connectivity index is 1.66. The van der Waals surface area contributed by atoms with Crippen molar-refractivity contribution in [3.63, 3.8) is 0 Å². The molecular formula is C23H24N4O2. The number of carbonyl (C=O) groups is 2. The summed E-state index contributed by atoms with van der Waals surface area (Å²) >= 11 is 0. The Labute approximate surface area is 170 Å². The predicted molar refractivity (Wildman–Crippen MR) is 112 cm³/mol. The number of rotatable bonds is 5. The van der Waals surface area contributed by atoms with E-state index >= 15 is 0 Å². The van der Waals surface area contributed by atoms with Crippen LogP contribution in [0.3, 0.4) is 0 Å². The molecule has 2 amide bonds. The number of imidazole rings is 1. The predicted octanol–water partition coefficient (Wildman–Crippen LogP) is 3.23. The fourth-order valence-corrected chi connectivity index (χ4v) is 3.61. The van der Waals surface area contributed by atoms with Crippen molar-refractivity contribution in [2.75, 3.05) is 26.2 Å². The van der Waals surface area contributed by atoms with Crippen LogP contribution < -0.4 is 0 Å². The molecule has 6 heteroatoms. The first kappa shape index (κ1) is 18.9. The van der Waals surface area contributed by atoms with Gasteiger partial charge in [0, 0.05) is 37.1 Å². The Bertz CT molecular complexity index is 941. The first-order valence-electron chi connectivity index (χ1n) is 9.94. The molecule has 0 saturated carbocycles. The Morgan fingerprint density at radius 2 is 1.69 bits per heavy atom. The van der Waals surface area contributed by atoms with Gasteiger partial charge in [-0.1, -0.05) is 55.5 Å². The van der Waals surface area contributed by atoms with Crippen LogP contribution in [-0.2, 0) is 4.79 Å². The molecule has 1 aliphatic rings. The molecule has 148 valence electrons. The molecule has 0 atom stereocenters. The van der Waals surface area contributed by atoms with Crippen LogP contribution in [0, 0.1) is 0 Å². The third-order valence-corrected chi connectivity index (χ3v) is 5.09. The van der Waals surface area contributed by atoms with Gasteiger partial charge in [0.15, 0.2) is 0 Å². The first-order valence-corrected chi connectivity index (χ1v) is 9.94. The Kier molecular flexibility index (Phi) is 5.42. The van der Waals surface area contributed by atoms with E-state index in [0.717, 1.165) is 24.2 Å². The maximum atomic E-state index is 13.1. The number of hydrogen-bond acceptors (Lipinski definition) is 3. The number of aromatic nitrogens is 2. The van der Waals surface area contributed by atoms with Crippen LogP contribution in [0.5, 0.6) is 0 Å². The zero-order valence-corrected chi connectivity index (χ0v) is 16.5. The molecule has 4 rings (SSSR count). The van der Waals surface area contributed by atoms with Gasteiger partial charge < -0.3 is 9.80 Å². The number of benzene rings is 2. The molecule has 0 radical (unpaired) electrons. The van der Waals surface area contributed by atoms with Crippen molar-refractivity contribution in [3.8, 4) is 17.1 Å². The zero-order chi connectivity index (χ0) is 20.2. The molecule has 6 nitrogen and oxygen atoms in total. The highest BCUT2D eigenvalue weighted by Gasteiger charge is 2.29. The molecule has 29 heavy (non-hydrogen) atoms. The highest BCUT2D eigenvalue weighted by molar-refractivity contribution is 5.96. The molecule has 2 aromatic carbocycles. The van der Waals surface area contributed by atoms with Crippen LogP contribution in [0.25, 0.3) is 17.1 Å². The highest BCUT2D eigenvalue weighted by atomic mass is 16.2. The number of amides is 2. The maximum Gasteiger partial charge on any atom is 0.274 e. The molecular weight excluding hydrogens is 364 g/mol. The van der Waals surface area contributed by atoms with Crippen LogP contribution >= 0.6 is 0 Å². The van der Waals surface area contributed by atoms with Gasteiger partial charge in [0.25, 0.3) is 5.91 Å². The Hall–Kier alpha value is -3.41. The van der Waals surface area contributed by atoms with Crippen molar-refractivity contribution in [2.24, 2.45) is 0 Å². The van der Waals surface area contributed by atoms with E-state index in [4.69, 9.17) is 0 Å². The molecule has 2 heterocycles. The number of hydrogen-bond donors (Lipinski definition) is 0. The Morgan fingerprint density at radius 1 is 1.00 bits per heavy atom. The summed E-state index contributed by atoms with van der Waals surface area (Å²) in [6.07, 6.45) is 2.69. The average molecular weight is 388 g/mol. The molecule has 1 saturated heterocycles. The zero-order valence-electron chi connectivity index (χ0n) is 16.5. The summed E-state index contributed by atoms with van der Waals surface area (Å²) in [4.78, 5) is 33.5. The van der Waals surface area contributed by atoms with Gasteiger partial charge in [-0.05, 0) is 18.6 Å². The molecule has 0 spiro atoms. The van der Waals surface area contributed by atoms with E-state index in [-0.39, 0.29) is 18.4 Å². The standard InChI is InChI=1S/C23H24N4O2/c1-2-13-25-14-15-26(17-21(25)28)23(29)20-16-27(19-11-7-4-8-12-19)22(24-20)18-9-5-3-6-10-18/h3-12,16H,2,13-15,17H2,1H3. The van der Waals surface area contributed by atoms with Crippen molar-refractivity contribution in [1.82, 2.24) is 19.4 Å². The van der Waals surface area contributed by atoms with Crippen LogP contribution in [-0.4, -0.2) is 57.3 Å². The minimum Gasteiger partial charge on any atom is -0.339 e. The lowest BCUT2D eigenvalue weighted by Gasteiger charge is -2.33. The van der Waals surface area contributed by atoms with Crippen LogP contribution in [0.1, 0.15) is 23.8 Å². The fourth-order valence-electron chi connectivity index (χ4n) is 3.61. The van der Waals surface area contributed by atoms with E-state index < -0.39 is 0 Å². The fraction of sp³-hybridized carbons (Fsp3) is 0.261. The van der Waals surface area contributed by atoms with Gasteiger partial charge in [0.2, 0.25) is 5.91 Å². The van der Waals surface area contributed by atoms with Gasteiger partial charge in [0.1, 0.15) is 18.1 Å². The summed E-state index contributed by atoms with van der Waals surface area (Å²) in [5.41, 5.74) is 2.21. The number of para-hydroxylation sites is 1. The van der Waals surface area contributed by atoms with E-state index in [2.05, 4.69) is 4.98 Å². The van der Waals surface area contributed by atoms with Crippen molar-refractivity contribution in [1.29, 1.82) is 0 Å². The average Bonchev–Trinajstić information content (AvgIpc) is 3.21. The van der Waals surface area contributed by atoms with Crippen molar-refractivity contribution in [3.05, 3.63) is 72.6 Å². The molecule has 0 unspecified atom stereocenters. The van der Waals surface area contributed by atoms with Crippen molar-refractivity contribution in [2.45, 2.75) is 13.3 Å². The molecule has 0 N–H and O–H groups in total. The minimum absolute atomic E-state index is 0.00257. The second-order valence-corrected chi connectivity index (χ2v) is 7.13. The van der Waals surface area contributed by atoms with Gasteiger partial charge >= 0.3 is 0 Å². The summed E-state index contributed by atoms with van der Waals surface area (Å²) < 4.78 is 1.93. The lowest BCUT2D eigenvalue weighted by Crippen LogP contribution is -2.52. The number of nitrogens with zero attached hydrogens (tertiary/aromatic N) is 4. The summed E-state index contributed by atoms with van der Waals surface area (Å²) in [5.74, 6) is 0.495. The third kappa shape index (κ3) is 3.92. The van der Waals surface area contributed by atoms with Crippen LogP contribution in [0.15, 0.2) is 66.9 Å². The molecule has 0 aliphatic carbocycles. The summed E-state index contributed by atoms with van der Waals surface area (Å²) in [5, 5.41) is 0. The smallest absolute Gasteiger partial charge is 0.274 e. The van der Waals surface area contributed by atoms with Crippen molar-refractivity contribution < 1.29 is 9.59 Å². The molecule has 0 bridgehead atoms. The lowest BCUT2D eigenvalue weighted by molar-refractivity contribution is -0.135.